The number of carbonyl (C=O) groups is 2. The number of fused-ring (bicyclic) bond motifs is 2. The average molecular weight is 437 g/mol. The Bertz CT molecular complexity index is 1530. The summed E-state index contributed by atoms with van der Waals surface area (Å²) < 4.78 is 0. The number of anilines is 2. The normalized spacial score (nSPS) is 11.6. The third-order valence-corrected chi connectivity index (χ3v) is 5.19. The Morgan fingerprint density at radius 1 is 1.03 bits per heavy atom. The lowest BCUT2D eigenvalue weighted by atomic mass is 10.1. The highest BCUT2D eigenvalue weighted by Crippen LogP contribution is 2.25. The van der Waals surface area contributed by atoms with Crippen molar-refractivity contribution in [1.29, 1.82) is 0 Å². The van der Waals surface area contributed by atoms with E-state index in [0.717, 1.165) is 33.1 Å². The molecule has 33 heavy (non-hydrogen) atoms. The Kier molecular flexibility index (Phi) is 5.12. The van der Waals surface area contributed by atoms with Gasteiger partial charge in [-0.15, -0.1) is 0 Å². The summed E-state index contributed by atoms with van der Waals surface area (Å²) in [6, 6.07) is 15.1. The first kappa shape index (κ1) is 20.1. The Hall–Kier alpha value is -4.79. The molecular weight excluding hydrogens is 418 g/mol. The highest BCUT2D eigenvalue weighted by Gasteiger charge is 2.12. The molecule has 0 atom stereocenters. The van der Waals surface area contributed by atoms with Gasteiger partial charge in [-0.1, -0.05) is 18.2 Å². The van der Waals surface area contributed by atoms with Gasteiger partial charge in [-0.05, 0) is 43.3 Å². The van der Waals surface area contributed by atoms with Crippen molar-refractivity contribution in [1.82, 2.24) is 30.5 Å². The molecular formula is C24H19N7O2. The molecule has 2 aromatic carbocycles. The Balaban J connectivity index is 1.40. The standard InChI is InChI=1S/C24H19N7O2/c1-2-17(13-32)28-24(33)21-10-14-3-4-15(11-20(14)29-21)23-25-8-7-22(30-23)27-18-5-6-19-16(9-18)12-26-31-19/h2-13,29H,1H3,(H,26,31)(H,28,33)(H,25,27,30)/b17-2+. The number of nitrogens with one attached hydrogen (secondary N) is 4. The van der Waals surface area contributed by atoms with Gasteiger partial charge in [0.25, 0.3) is 5.91 Å². The lowest BCUT2D eigenvalue weighted by Gasteiger charge is -2.07. The molecule has 0 fully saturated rings. The topological polar surface area (TPSA) is 128 Å². The number of H-pyrrole nitrogens is 2. The number of amides is 1. The summed E-state index contributed by atoms with van der Waals surface area (Å²) in [6.45, 7) is 1.68. The molecule has 5 aromatic rings. The fourth-order valence-corrected chi connectivity index (χ4v) is 3.49. The second-order valence-corrected chi connectivity index (χ2v) is 7.36. The highest BCUT2D eigenvalue weighted by molar-refractivity contribution is 6.01. The Morgan fingerprint density at radius 3 is 2.79 bits per heavy atom. The van der Waals surface area contributed by atoms with Crippen LogP contribution in [0.25, 0.3) is 33.2 Å². The third-order valence-electron chi connectivity index (χ3n) is 5.19. The molecule has 0 spiro atoms. The number of aromatic amines is 2. The lowest BCUT2D eigenvalue weighted by Crippen LogP contribution is -2.23. The molecule has 3 aromatic heterocycles. The van der Waals surface area contributed by atoms with Crippen LogP contribution >= 0.6 is 0 Å². The van der Waals surface area contributed by atoms with E-state index in [2.05, 4.69) is 35.8 Å². The van der Waals surface area contributed by atoms with Crippen LogP contribution in [0.5, 0.6) is 0 Å². The van der Waals surface area contributed by atoms with Gasteiger partial charge in [0.2, 0.25) is 0 Å². The molecule has 0 bridgehead atoms. The molecule has 5 rings (SSSR count). The van der Waals surface area contributed by atoms with Gasteiger partial charge in [0.1, 0.15) is 11.5 Å². The van der Waals surface area contributed by atoms with E-state index in [1.165, 1.54) is 6.08 Å². The first-order chi connectivity index (χ1) is 16.1. The zero-order valence-electron chi connectivity index (χ0n) is 17.6. The average Bonchev–Trinajstić information content (AvgIpc) is 3.48. The van der Waals surface area contributed by atoms with Crippen molar-refractivity contribution in [2.75, 3.05) is 5.32 Å². The van der Waals surface area contributed by atoms with Gasteiger partial charge in [0, 0.05) is 33.7 Å². The van der Waals surface area contributed by atoms with Gasteiger partial charge in [-0.2, -0.15) is 5.10 Å². The molecule has 0 unspecified atom stereocenters. The largest absolute Gasteiger partial charge is 0.350 e. The zero-order valence-corrected chi connectivity index (χ0v) is 17.6. The van der Waals surface area contributed by atoms with Crippen LogP contribution in [-0.2, 0) is 4.79 Å². The number of hydrogen-bond acceptors (Lipinski definition) is 6. The predicted molar refractivity (Wildman–Crippen MR) is 126 cm³/mol. The first-order valence-electron chi connectivity index (χ1n) is 10.2. The van der Waals surface area contributed by atoms with Crippen molar-refractivity contribution in [3.8, 4) is 11.4 Å². The Morgan fingerprint density at radius 2 is 1.94 bits per heavy atom. The number of aromatic nitrogens is 5. The minimum absolute atomic E-state index is 0.212. The van der Waals surface area contributed by atoms with Crippen LogP contribution in [0.1, 0.15) is 17.4 Å². The van der Waals surface area contributed by atoms with Gasteiger partial charge in [0.05, 0.1) is 17.4 Å². The van der Waals surface area contributed by atoms with Crippen LogP contribution in [0, 0.1) is 0 Å². The monoisotopic (exact) mass is 437 g/mol. The minimum atomic E-state index is -0.384. The fourth-order valence-electron chi connectivity index (χ4n) is 3.49. The van der Waals surface area contributed by atoms with E-state index in [1.54, 1.807) is 31.5 Å². The predicted octanol–water partition coefficient (Wildman–Crippen LogP) is 4.08. The second kappa shape index (κ2) is 8.39. The van der Waals surface area contributed by atoms with Gasteiger partial charge in [-0.25, -0.2) is 9.97 Å². The van der Waals surface area contributed by atoms with E-state index in [0.29, 0.717) is 23.6 Å². The maximum absolute atomic E-state index is 12.4. The number of aldehydes is 1. The summed E-state index contributed by atoms with van der Waals surface area (Å²) in [5.41, 5.74) is 3.98. The summed E-state index contributed by atoms with van der Waals surface area (Å²) in [6.07, 6.45) is 5.60. The molecule has 9 nitrogen and oxygen atoms in total. The Labute approximate surface area is 188 Å². The smallest absolute Gasteiger partial charge is 0.272 e. The molecule has 0 radical (unpaired) electrons. The summed E-state index contributed by atoms with van der Waals surface area (Å²) in [5, 5.41) is 14.7. The zero-order chi connectivity index (χ0) is 22.8. The van der Waals surface area contributed by atoms with Crippen LogP contribution in [0.2, 0.25) is 0 Å². The van der Waals surface area contributed by atoms with E-state index >= 15 is 0 Å². The summed E-state index contributed by atoms with van der Waals surface area (Å²) in [5.74, 6) is 0.816. The van der Waals surface area contributed by atoms with E-state index in [4.69, 9.17) is 0 Å². The molecule has 162 valence electrons. The molecule has 4 N–H and O–H groups in total. The maximum atomic E-state index is 12.4. The molecule has 0 aliphatic rings. The van der Waals surface area contributed by atoms with Crippen molar-refractivity contribution in [2.45, 2.75) is 6.92 Å². The molecule has 1 amide bonds. The molecule has 9 heteroatoms. The molecule has 0 aliphatic carbocycles. The summed E-state index contributed by atoms with van der Waals surface area (Å²) in [7, 11) is 0. The molecule has 3 heterocycles. The van der Waals surface area contributed by atoms with Crippen molar-refractivity contribution in [3.63, 3.8) is 0 Å². The second-order valence-electron chi connectivity index (χ2n) is 7.36. The number of nitrogens with zero attached hydrogens (tertiary/aromatic N) is 3. The minimum Gasteiger partial charge on any atom is -0.350 e. The molecule has 0 aliphatic heterocycles. The van der Waals surface area contributed by atoms with Crippen LogP contribution in [0.15, 0.2) is 72.7 Å². The summed E-state index contributed by atoms with van der Waals surface area (Å²) in [4.78, 5) is 35.5. The van der Waals surface area contributed by atoms with E-state index in [1.807, 2.05) is 36.4 Å². The number of carbonyl (C=O) groups excluding carboxylic acids is 2. The van der Waals surface area contributed by atoms with Gasteiger partial charge < -0.3 is 15.6 Å². The molecule has 0 saturated heterocycles. The fraction of sp³-hybridized carbons (Fsp3) is 0.0417. The molecule has 0 saturated carbocycles. The van der Waals surface area contributed by atoms with E-state index < -0.39 is 0 Å². The highest BCUT2D eigenvalue weighted by atomic mass is 16.2. The van der Waals surface area contributed by atoms with Crippen LogP contribution in [0.4, 0.5) is 11.5 Å². The van der Waals surface area contributed by atoms with Gasteiger partial charge >= 0.3 is 0 Å². The number of allylic oxidation sites excluding steroid dienone is 2. The van der Waals surface area contributed by atoms with Crippen molar-refractivity contribution >= 4 is 45.5 Å². The van der Waals surface area contributed by atoms with Crippen LogP contribution in [0.3, 0.4) is 0 Å². The van der Waals surface area contributed by atoms with Crippen molar-refractivity contribution < 1.29 is 9.59 Å². The van der Waals surface area contributed by atoms with Crippen molar-refractivity contribution in [3.05, 3.63) is 78.4 Å². The van der Waals surface area contributed by atoms with Gasteiger partial charge in [-0.3, -0.25) is 14.7 Å². The maximum Gasteiger partial charge on any atom is 0.272 e. The number of benzene rings is 2. The van der Waals surface area contributed by atoms with E-state index in [-0.39, 0.29) is 11.6 Å². The third kappa shape index (κ3) is 4.07. The SMILES string of the molecule is C/C=C(\C=O)NC(=O)c1cc2ccc(-c3nccc(Nc4ccc5[nH]ncc5c4)n3)cc2[nH]1. The van der Waals surface area contributed by atoms with Crippen LogP contribution in [-0.4, -0.2) is 37.3 Å². The van der Waals surface area contributed by atoms with Gasteiger partial charge in [0.15, 0.2) is 12.1 Å². The van der Waals surface area contributed by atoms with E-state index in [9.17, 15) is 9.59 Å². The van der Waals surface area contributed by atoms with Crippen molar-refractivity contribution in [2.24, 2.45) is 0 Å². The number of hydrogen-bond donors (Lipinski definition) is 4. The quantitative estimate of drug-likeness (QED) is 0.234. The summed E-state index contributed by atoms with van der Waals surface area (Å²) >= 11 is 0. The van der Waals surface area contributed by atoms with Crippen LogP contribution < -0.4 is 10.6 Å². The first-order valence-corrected chi connectivity index (χ1v) is 10.2. The number of rotatable bonds is 6. The lowest BCUT2D eigenvalue weighted by molar-refractivity contribution is -0.105.